The predicted octanol–water partition coefficient (Wildman–Crippen LogP) is 4.72. The number of nitrogens with one attached hydrogen (secondary N) is 1. The first-order chi connectivity index (χ1) is 15.4. The highest BCUT2D eigenvalue weighted by molar-refractivity contribution is 8.00. The van der Waals surface area contributed by atoms with Crippen molar-refractivity contribution in [2.75, 3.05) is 5.32 Å². The van der Waals surface area contributed by atoms with Crippen LogP contribution in [-0.4, -0.2) is 42.8 Å². The van der Waals surface area contributed by atoms with Gasteiger partial charge in [-0.3, -0.25) is 9.20 Å². The van der Waals surface area contributed by atoms with E-state index in [2.05, 4.69) is 20.5 Å². The molecule has 10 heteroatoms. The van der Waals surface area contributed by atoms with Crippen LogP contribution in [0.4, 0.5) is 5.13 Å². The molecule has 0 saturated carbocycles. The van der Waals surface area contributed by atoms with Crippen molar-refractivity contribution >= 4 is 56.7 Å². The molecule has 1 amide bonds. The van der Waals surface area contributed by atoms with Gasteiger partial charge in [0, 0.05) is 0 Å². The number of aromatic nitrogens is 4. The van der Waals surface area contributed by atoms with Crippen LogP contribution in [0.5, 0.6) is 0 Å². The van der Waals surface area contributed by atoms with Crippen LogP contribution in [0.15, 0.2) is 41.6 Å². The Balaban J connectivity index is 1.55. The third-order valence-electron chi connectivity index (χ3n) is 4.71. The fourth-order valence-corrected chi connectivity index (χ4v) is 5.06. The molecule has 1 aromatic carbocycles. The fraction of sp³-hybridized carbons (Fsp3) is 0.318. The average Bonchev–Trinajstić information content (AvgIpc) is 3.34. The fourth-order valence-electron chi connectivity index (χ4n) is 3.23. The summed E-state index contributed by atoms with van der Waals surface area (Å²) in [7, 11) is 0. The van der Waals surface area contributed by atoms with E-state index in [0.717, 1.165) is 27.9 Å². The van der Waals surface area contributed by atoms with Crippen molar-refractivity contribution in [1.29, 1.82) is 0 Å². The number of carbonyl (C=O) groups is 2. The van der Waals surface area contributed by atoms with E-state index in [1.807, 2.05) is 47.7 Å². The minimum absolute atomic E-state index is 0.202. The van der Waals surface area contributed by atoms with Crippen molar-refractivity contribution in [3.63, 3.8) is 0 Å². The normalized spacial score (nSPS) is 12.4. The Morgan fingerprint density at radius 1 is 1.19 bits per heavy atom. The highest BCUT2D eigenvalue weighted by Crippen LogP contribution is 2.30. The molecule has 0 radical (unpaired) electrons. The summed E-state index contributed by atoms with van der Waals surface area (Å²) in [5.41, 5.74) is 2.24. The lowest BCUT2D eigenvalue weighted by atomic mass is 10.2. The highest BCUT2D eigenvalue weighted by Gasteiger charge is 2.24. The van der Waals surface area contributed by atoms with Crippen molar-refractivity contribution in [3.8, 4) is 0 Å². The molecule has 8 nitrogen and oxygen atoms in total. The molecule has 0 fully saturated rings. The lowest BCUT2D eigenvalue weighted by Crippen LogP contribution is -2.24. The van der Waals surface area contributed by atoms with E-state index >= 15 is 0 Å². The monoisotopic (exact) mass is 469 g/mol. The van der Waals surface area contributed by atoms with E-state index in [1.165, 1.54) is 11.8 Å². The van der Waals surface area contributed by atoms with E-state index in [4.69, 9.17) is 4.74 Å². The largest absolute Gasteiger partial charge is 0.459 e. The first-order valence-electron chi connectivity index (χ1n) is 10.3. The molecule has 4 aromatic rings. The molecule has 166 valence electrons. The van der Waals surface area contributed by atoms with E-state index in [0.29, 0.717) is 27.3 Å². The third-order valence-corrected chi connectivity index (χ3v) is 7.07. The van der Waals surface area contributed by atoms with Crippen molar-refractivity contribution in [1.82, 2.24) is 19.6 Å². The van der Waals surface area contributed by atoms with Gasteiger partial charge >= 0.3 is 5.97 Å². The van der Waals surface area contributed by atoms with Crippen LogP contribution in [0.1, 0.15) is 42.6 Å². The number of pyridine rings is 1. The molecule has 0 aliphatic rings. The van der Waals surface area contributed by atoms with Gasteiger partial charge in [-0.15, -0.1) is 10.2 Å². The molecular formula is C22H23N5O3S2. The number of hydrogen-bond acceptors (Lipinski definition) is 8. The second-order valence-electron chi connectivity index (χ2n) is 7.46. The van der Waals surface area contributed by atoms with Crippen LogP contribution < -0.4 is 5.32 Å². The Labute approximate surface area is 193 Å². The second-order valence-corrected chi connectivity index (χ2v) is 9.63. The number of para-hydroxylation sites is 1. The molecule has 1 atom stereocenters. The zero-order chi connectivity index (χ0) is 22.8. The number of amides is 1. The summed E-state index contributed by atoms with van der Waals surface area (Å²) in [5.74, 6) is -0.634. The maximum absolute atomic E-state index is 13.0. The quantitative estimate of drug-likeness (QED) is 0.309. The van der Waals surface area contributed by atoms with Gasteiger partial charge in [-0.25, -0.2) is 9.78 Å². The van der Waals surface area contributed by atoms with Gasteiger partial charge in [0.2, 0.25) is 5.91 Å². The number of hydrogen-bond donors (Lipinski definition) is 1. The van der Waals surface area contributed by atoms with Gasteiger partial charge in [-0.05, 0) is 50.8 Å². The SMILES string of the molecule is CCC(Sc1nnc2ccc3ccccc3n12)C(=O)Nc1nc(C)c(C(=O)OC(C)C)s1. The molecule has 3 aromatic heterocycles. The Bertz CT molecular complexity index is 1300. The standard InChI is InChI=1S/C22H23N5O3S2/c1-5-16(19(28)24-21-23-13(4)18(32-21)20(29)30-12(2)3)31-22-26-25-17-11-10-14-8-6-7-9-15(14)27(17)22/h6-12,16H,5H2,1-4H3,(H,23,24,28). The number of benzene rings is 1. The minimum Gasteiger partial charge on any atom is -0.459 e. The van der Waals surface area contributed by atoms with Crippen LogP contribution in [0, 0.1) is 6.92 Å². The van der Waals surface area contributed by atoms with Gasteiger partial charge in [-0.2, -0.15) is 0 Å². The van der Waals surface area contributed by atoms with Crippen LogP contribution in [0.25, 0.3) is 16.6 Å². The summed E-state index contributed by atoms with van der Waals surface area (Å²) < 4.78 is 7.21. The number of anilines is 1. The summed E-state index contributed by atoms with van der Waals surface area (Å²) in [6.07, 6.45) is 0.361. The van der Waals surface area contributed by atoms with Crippen molar-refractivity contribution in [2.24, 2.45) is 0 Å². The summed E-state index contributed by atoms with van der Waals surface area (Å²) in [6, 6.07) is 11.9. The van der Waals surface area contributed by atoms with Gasteiger partial charge in [0.25, 0.3) is 0 Å². The zero-order valence-electron chi connectivity index (χ0n) is 18.2. The molecule has 3 heterocycles. The van der Waals surface area contributed by atoms with Crippen molar-refractivity contribution < 1.29 is 14.3 Å². The van der Waals surface area contributed by atoms with Crippen molar-refractivity contribution in [2.45, 2.75) is 50.6 Å². The molecule has 0 aliphatic carbocycles. The number of fused-ring (bicyclic) bond motifs is 3. The lowest BCUT2D eigenvalue weighted by Gasteiger charge is -2.13. The first kappa shape index (κ1) is 22.2. The number of thiazole rings is 1. The Morgan fingerprint density at radius 3 is 2.72 bits per heavy atom. The molecule has 1 unspecified atom stereocenters. The average molecular weight is 470 g/mol. The molecule has 0 bridgehead atoms. The van der Waals surface area contributed by atoms with Crippen LogP contribution in [0.2, 0.25) is 0 Å². The lowest BCUT2D eigenvalue weighted by molar-refractivity contribution is -0.115. The number of aryl methyl sites for hydroxylation is 1. The third kappa shape index (κ3) is 4.46. The van der Waals surface area contributed by atoms with E-state index < -0.39 is 11.2 Å². The zero-order valence-corrected chi connectivity index (χ0v) is 19.8. The molecule has 0 spiro atoms. The molecule has 0 aliphatic heterocycles. The molecule has 4 rings (SSSR count). The predicted molar refractivity (Wildman–Crippen MR) is 126 cm³/mol. The smallest absolute Gasteiger partial charge is 0.350 e. The molecular weight excluding hydrogens is 446 g/mol. The number of nitrogens with zero attached hydrogens (tertiary/aromatic N) is 4. The molecule has 1 N–H and O–H groups in total. The van der Waals surface area contributed by atoms with Gasteiger partial charge in [0.1, 0.15) is 4.88 Å². The first-order valence-corrected chi connectivity index (χ1v) is 12.0. The number of carbonyl (C=O) groups excluding carboxylic acids is 2. The van der Waals surface area contributed by atoms with Crippen LogP contribution >= 0.6 is 23.1 Å². The van der Waals surface area contributed by atoms with Gasteiger partial charge in [0.05, 0.1) is 22.6 Å². The van der Waals surface area contributed by atoms with Gasteiger partial charge < -0.3 is 10.1 Å². The summed E-state index contributed by atoms with van der Waals surface area (Å²) in [6.45, 7) is 7.24. The summed E-state index contributed by atoms with van der Waals surface area (Å²) in [5, 5.41) is 13.1. The number of thioether (sulfide) groups is 1. The van der Waals surface area contributed by atoms with E-state index in [1.54, 1.807) is 20.8 Å². The van der Waals surface area contributed by atoms with Crippen LogP contribution in [0.3, 0.4) is 0 Å². The Morgan fingerprint density at radius 2 is 1.97 bits per heavy atom. The Kier molecular flexibility index (Phi) is 6.43. The molecule has 0 saturated heterocycles. The van der Waals surface area contributed by atoms with Crippen molar-refractivity contribution in [3.05, 3.63) is 47.0 Å². The topological polar surface area (TPSA) is 98.5 Å². The van der Waals surface area contributed by atoms with Gasteiger partial charge in [0.15, 0.2) is 15.9 Å². The number of rotatable bonds is 7. The summed E-state index contributed by atoms with van der Waals surface area (Å²) >= 11 is 2.47. The van der Waals surface area contributed by atoms with E-state index in [9.17, 15) is 9.59 Å². The van der Waals surface area contributed by atoms with Gasteiger partial charge in [-0.1, -0.05) is 48.2 Å². The van der Waals surface area contributed by atoms with Crippen LogP contribution in [-0.2, 0) is 9.53 Å². The number of esters is 1. The molecule has 32 heavy (non-hydrogen) atoms. The minimum atomic E-state index is -0.432. The highest BCUT2D eigenvalue weighted by atomic mass is 32.2. The maximum atomic E-state index is 13.0. The number of ether oxygens (including phenoxy) is 1. The maximum Gasteiger partial charge on any atom is 0.350 e. The summed E-state index contributed by atoms with van der Waals surface area (Å²) in [4.78, 5) is 29.9. The van der Waals surface area contributed by atoms with E-state index in [-0.39, 0.29) is 12.0 Å². The Hall–Kier alpha value is -2.98. The second kappa shape index (κ2) is 9.25.